The molecular weight excluding hydrogens is 202 g/mol. The molecule has 0 aliphatic carbocycles. The highest BCUT2D eigenvalue weighted by atomic mass is 35.5. The Labute approximate surface area is 77.9 Å². The number of carboxylic acids is 1. The minimum absolute atomic E-state index is 0.111. The maximum Gasteiger partial charge on any atom is 0.327 e. The number of carbonyl (C=O) groups excluding carboxylic acids is 1. The number of nitrogens with zero attached hydrogens (tertiary/aromatic N) is 1. The number of hydrogen-bond donors (Lipinski definition) is 1. The molecule has 0 radical (unpaired) electrons. The molecule has 12 heavy (non-hydrogen) atoms. The highest BCUT2D eigenvalue weighted by Gasteiger charge is 2.56. The van der Waals surface area contributed by atoms with Gasteiger partial charge in [0.15, 0.2) is 0 Å². The van der Waals surface area contributed by atoms with Crippen LogP contribution in [0.15, 0.2) is 0 Å². The molecule has 0 bridgehead atoms. The van der Waals surface area contributed by atoms with Crippen LogP contribution in [-0.2, 0) is 9.59 Å². The Kier molecular flexibility index (Phi) is 1.73. The molecule has 4 nitrogen and oxygen atoms in total. The van der Waals surface area contributed by atoms with Crippen LogP contribution in [0.2, 0.25) is 0 Å². The quantitative estimate of drug-likeness (QED) is 0.484. The van der Waals surface area contributed by atoms with Crippen LogP contribution in [0.1, 0.15) is 0 Å². The predicted octanol–water partition coefficient (Wildman–Crippen LogP) is -0.0379. The summed E-state index contributed by atoms with van der Waals surface area (Å²) >= 11 is 7.10. The zero-order valence-electron chi connectivity index (χ0n) is 5.94. The summed E-state index contributed by atoms with van der Waals surface area (Å²) in [4.78, 5) is 23.0. The zero-order chi connectivity index (χ0) is 8.88. The molecule has 0 aromatic rings. The van der Waals surface area contributed by atoms with Crippen LogP contribution in [-0.4, -0.2) is 44.4 Å². The van der Waals surface area contributed by atoms with E-state index < -0.39 is 17.4 Å². The molecule has 3 unspecified atom stereocenters. The van der Waals surface area contributed by atoms with E-state index in [2.05, 4.69) is 0 Å². The molecule has 0 aromatic heterocycles. The number of carbonyl (C=O) groups is 2. The van der Waals surface area contributed by atoms with Gasteiger partial charge in [0.05, 0.1) is 0 Å². The molecule has 3 atom stereocenters. The molecule has 2 heterocycles. The summed E-state index contributed by atoms with van der Waals surface area (Å²) in [6, 6.07) is -0.664. The lowest BCUT2D eigenvalue weighted by Gasteiger charge is -2.39. The van der Waals surface area contributed by atoms with Gasteiger partial charge < -0.3 is 10.0 Å². The van der Waals surface area contributed by atoms with Gasteiger partial charge in [-0.15, -0.1) is 23.4 Å². The van der Waals surface area contributed by atoms with Crippen LogP contribution < -0.4 is 0 Å². The molecule has 2 aliphatic rings. The molecule has 66 valence electrons. The lowest BCUT2D eigenvalue weighted by Crippen LogP contribution is -2.62. The molecule has 0 spiro atoms. The van der Waals surface area contributed by atoms with E-state index in [9.17, 15) is 9.59 Å². The van der Waals surface area contributed by atoms with E-state index in [1.807, 2.05) is 0 Å². The maximum atomic E-state index is 11.1. The number of aliphatic carboxylic acids is 1. The van der Waals surface area contributed by atoms with E-state index in [-0.39, 0.29) is 11.3 Å². The van der Waals surface area contributed by atoms with E-state index >= 15 is 0 Å². The molecule has 2 rings (SSSR count). The third-order valence-corrected chi connectivity index (χ3v) is 3.98. The van der Waals surface area contributed by atoms with Gasteiger partial charge in [0.25, 0.3) is 0 Å². The third kappa shape index (κ3) is 0.863. The summed E-state index contributed by atoms with van der Waals surface area (Å²) in [7, 11) is 0. The fraction of sp³-hybridized carbons (Fsp3) is 0.667. The zero-order valence-corrected chi connectivity index (χ0v) is 7.51. The van der Waals surface area contributed by atoms with Gasteiger partial charge in [-0.2, -0.15) is 0 Å². The number of halogens is 1. The molecule has 0 aromatic carbocycles. The van der Waals surface area contributed by atoms with Crippen LogP contribution in [0, 0.1) is 0 Å². The van der Waals surface area contributed by atoms with Crippen molar-refractivity contribution in [2.75, 3.05) is 5.75 Å². The Hall–Kier alpha value is -0.420. The van der Waals surface area contributed by atoms with E-state index in [0.29, 0.717) is 5.75 Å². The van der Waals surface area contributed by atoms with Crippen molar-refractivity contribution >= 4 is 35.2 Å². The number of alkyl halides is 1. The van der Waals surface area contributed by atoms with Crippen molar-refractivity contribution in [1.82, 2.24) is 4.90 Å². The normalized spacial score (nSPS) is 39.2. The van der Waals surface area contributed by atoms with E-state index in [0.717, 1.165) is 0 Å². The van der Waals surface area contributed by atoms with E-state index in [1.165, 1.54) is 16.7 Å². The van der Waals surface area contributed by atoms with E-state index in [4.69, 9.17) is 16.7 Å². The number of carboxylic acid groups (broad SMARTS) is 1. The molecule has 2 fully saturated rings. The minimum Gasteiger partial charge on any atom is -0.480 e. The minimum atomic E-state index is -0.943. The second kappa shape index (κ2) is 2.53. The molecule has 2 saturated heterocycles. The van der Waals surface area contributed by atoms with Gasteiger partial charge in [0.2, 0.25) is 5.91 Å². The summed E-state index contributed by atoms with van der Waals surface area (Å²) in [5, 5.41) is 8.06. The van der Waals surface area contributed by atoms with Crippen molar-refractivity contribution < 1.29 is 14.7 Å². The molecule has 2 aliphatic heterocycles. The second-order valence-corrected chi connectivity index (χ2v) is 4.35. The lowest BCUT2D eigenvalue weighted by molar-refractivity contribution is -0.154. The highest BCUT2D eigenvalue weighted by molar-refractivity contribution is 8.00. The van der Waals surface area contributed by atoms with Crippen molar-refractivity contribution in [3.8, 4) is 0 Å². The summed E-state index contributed by atoms with van der Waals surface area (Å²) in [5.74, 6) is -0.740. The van der Waals surface area contributed by atoms with Crippen LogP contribution >= 0.6 is 23.4 Å². The van der Waals surface area contributed by atoms with Crippen molar-refractivity contribution in [3.63, 3.8) is 0 Å². The third-order valence-electron chi connectivity index (χ3n) is 2.06. The van der Waals surface area contributed by atoms with Gasteiger partial charge in [0.1, 0.15) is 16.8 Å². The van der Waals surface area contributed by atoms with Gasteiger partial charge in [-0.25, -0.2) is 4.79 Å². The average molecular weight is 208 g/mol. The van der Waals surface area contributed by atoms with Crippen LogP contribution in [0.3, 0.4) is 0 Å². The Balaban J connectivity index is 2.16. The van der Waals surface area contributed by atoms with Crippen LogP contribution in [0.5, 0.6) is 0 Å². The highest BCUT2D eigenvalue weighted by Crippen LogP contribution is 2.42. The SMILES string of the molecule is O=C(O)C1CSC2C(Cl)C(=O)N12. The lowest BCUT2D eigenvalue weighted by atomic mass is 10.1. The van der Waals surface area contributed by atoms with Crippen LogP contribution in [0.25, 0.3) is 0 Å². The van der Waals surface area contributed by atoms with Gasteiger partial charge in [0, 0.05) is 5.75 Å². The van der Waals surface area contributed by atoms with Crippen molar-refractivity contribution in [2.24, 2.45) is 0 Å². The number of hydrogen-bond acceptors (Lipinski definition) is 3. The summed E-state index contributed by atoms with van der Waals surface area (Å²) in [6.45, 7) is 0. The Morgan fingerprint density at radius 3 is 3.00 bits per heavy atom. The molecule has 1 amide bonds. The van der Waals surface area contributed by atoms with E-state index in [1.54, 1.807) is 0 Å². The standard InChI is InChI=1S/C6H6ClNO3S/c7-3-4(9)8-2(6(10)11)1-12-5(3)8/h2-3,5H,1H2,(H,10,11). The summed E-state index contributed by atoms with van der Waals surface area (Å²) in [6.07, 6.45) is 0. The first kappa shape index (κ1) is 8.19. The van der Waals surface area contributed by atoms with Gasteiger partial charge in [-0.05, 0) is 0 Å². The molecule has 0 saturated carbocycles. The number of amides is 1. The smallest absolute Gasteiger partial charge is 0.327 e. The van der Waals surface area contributed by atoms with Crippen molar-refractivity contribution in [3.05, 3.63) is 0 Å². The topological polar surface area (TPSA) is 57.6 Å². The number of thioether (sulfide) groups is 1. The fourth-order valence-corrected chi connectivity index (χ4v) is 3.24. The first-order chi connectivity index (χ1) is 5.63. The fourth-order valence-electron chi connectivity index (χ4n) is 1.40. The summed E-state index contributed by atoms with van der Waals surface area (Å²) < 4.78 is 0. The van der Waals surface area contributed by atoms with Crippen LogP contribution in [0.4, 0.5) is 0 Å². The first-order valence-corrected chi connectivity index (χ1v) is 4.92. The molecule has 6 heteroatoms. The van der Waals surface area contributed by atoms with Crippen molar-refractivity contribution in [2.45, 2.75) is 16.8 Å². The van der Waals surface area contributed by atoms with Gasteiger partial charge >= 0.3 is 5.97 Å². The first-order valence-electron chi connectivity index (χ1n) is 3.43. The maximum absolute atomic E-state index is 11.1. The largest absolute Gasteiger partial charge is 0.480 e. The number of rotatable bonds is 1. The molecular formula is C6H6ClNO3S. The Bertz CT molecular complexity index is 259. The monoisotopic (exact) mass is 207 g/mol. The number of fused-ring (bicyclic) bond motifs is 1. The Morgan fingerprint density at radius 2 is 2.42 bits per heavy atom. The van der Waals surface area contributed by atoms with Gasteiger partial charge in [-0.3, -0.25) is 4.79 Å². The second-order valence-electron chi connectivity index (χ2n) is 2.73. The average Bonchev–Trinajstić information content (AvgIpc) is 2.43. The predicted molar refractivity (Wildman–Crippen MR) is 44.2 cm³/mol. The summed E-state index contributed by atoms with van der Waals surface area (Å²) in [5.41, 5.74) is 0. The molecule has 1 N–H and O–H groups in total. The number of β-lactam (4-membered cyclic amide) rings is 1. The van der Waals surface area contributed by atoms with Crippen molar-refractivity contribution in [1.29, 1.82) is 0 Å². The Morgan fingerprint density at radius 1 is 1.75 bits per heavy atom. The van der Waals surface area contributed by atoms with Gasteiger partial charge in [-0.1, -0.05) is 0 Å².